The Hall–Kier alpha value is -3.12. The number of carbonyl (C=O) groups is 1. The topological polar surface area (TPSA) is 54.9 Å². The van der Waals surface area contributed by atoms with Crippen molar-refractivity contribution in [3.8, 4) is 0 Å². The molecule has 0 aliphatic carbocycles. The SMILES string of the molecule is Cc1cc(C(=O)Nc2ncc(Cc3cccc(F)c3)s2)c2ccccc2n1. The highest BCUT2D eigenvalue weighted by molar-refractivity contribution is 7.15. The summed E-state index contributed by atoms with van der Waals surface area (Å²) in [4.78, 5) is 22.5. The molecular formula is C21H16FN3OS. The van der Waals surface area contributed by atoms with Crippen molar-refractivity contribution in [1.82, 2.24) is 9.97 Å². The predicted octanol–water partition coefficient (Wildman–Crippen LogP) is 4.98. The lowest BCUT2D eigenvalue weighted by Crippen LogP contribution is -2.12. The molecular weight excluding hydrogens is 361 g/mol. The second kappa shape index (κ2) is 7.25. The average molecular weight is 377 g/mol. The lowest BCUT2D eigenvalue weighted by molar-refractivity contribution is 0.102. The number of anilines is 1. The molecule has 0 fully saturated rings. The van der Waals surface area contributed by atoms with Gasteiger partial charge in [0.25, 0.3) is 5.91 Å². The van der Waals surface area contributed by atoms with E-state index in [1.807, 2.05) is 37.3 Å². The van der Waals surface area contributed by atoms with Gasteiger partial charge in [0.05, 0.1) is 11.1 Å². The fraction of sp³-hybridized carbons (Fsp3) is 0.0952. The smallest absolute Gasteiger partial charge is 0.258 e. The van der Waals surface area contributed by atoms with Gasteiger partial charge in [-0.05, 0) is 36.8 Å². The van der Waals surface area contributed by atoms with Crippen molar-refractivity contribution in [3.05, 3.63) is 88.3 Å². The number of nitrogens with zero attached hydrogens (tertiary/aromatic N) is 2. The van der Waals surface area contributed by atoms with Gasteiger partial charge in [-0.1, -0.05) is 30.3 Å². The molecule has 0 aliphatic heterocycles. The van der Waals surface area contributed by atoms with Gasteiger partial charge in [-0.3, -0.25) is 15.1 Å². The first-order valence-corrected chi connectivity index (χ1v) is 9.27. The standard InChI is InChI=1S/C21H16FN3OS/c1-13-9-18(17-7-2-3-8-19(17)24-13)20(26)25-21-23-12-16(27-21)11-14-5-4-6-15(22)10-14/h2-10,12H,11H2,1H3,(H,23,25,26). The van der Waals surface area contributed by atoms with E-state index < -0.39 is 0 Å². The second-order valence-electron chi connectivity index (χ2n) is 6.22. The molecule has 2 aromatic heterocycles. The van der Waals surface area contributed by atoms with Crippen molar-refractivity contribution < 1.29 is 9.18 Å². The maximum absolute atomic E-state index is 13.3. The summed E-state index contributed by atoms with van der Waals surface area (Å²) in [6.07, 6.45) is 2.28. The molecule has 4 aromatic rings. The fourth-order valence-corrected chi connectivity index (χ4v) is 3.80. The molecule has 0 aliphatic rings. The first-order valence-electron chi connectivity index (χ1n) is 8.45. The summed E-state index contributed by atoms with van der Waals surface area (Å²) in [5.41, 5.74) is 3.01. The van der Waals surface area contributed by atoms with Crippen LogP contribution in [0.2, 0.25) is 0 Å². The van der Waals surface area contributed by atoms with Crippen LogP contribution in [0.5, 0.6) is 0 Å². The van der Waals surface area contributed by atoms with Crippen LogP contribution < -0.4 is 5.32 Å². The van der Waals surface area contributed by atoms with Crippen LogP contribution in [-0.4, -0.2) is 15.9 Å². The van der Waals surface area contributed by atoms with Crippen LogP contribution in [0.4, 0.5) is 9.52 Å². The summed E-state index contributed by atoms with van der Waals surface area (Å²) in [5, 5.41) is 4.18. The van der Waals surface area contributed by atoms with Crippen LogP contribution in [-0.2, 0) is 6.42 Å². The highest BCUT2D eigenvalue weighted by Gasteiger charge is 2.14. The van der Waals surface area contributed by atoms with Gasteiger partial charge in [0.1, 0.15) is 5.82 Å². The minimum absolute atomic E-state index is 0.219. The van der Waals surface area contributed by atoms with E-state index in [9.17, 15) is 9.18 Å². The van der Waals surface area contributed by atoms with E-state index >= 15 is 0 Å². The van der Waals surface area contributed by atoms with E-state index in [-0.39, 0.29) is 11.7 Å². The molecule has 0 bridgehead atoms. The van der Waals surface area contributed by atoms with Crippen molar-refractivity contribution in [3.63, 3.8) is 0 Å². The number of amides is 1. The Morgan fingerprint density at radius 2 is 2.00 bits per heavy atom. The molecule has 0 saturated carbocycles. The normalized spacial score (nSPS) is 10.9. The van der Waals surface area contributed by atoms with Gasteiger partial charge in [0, 0.05) is 28.6 Å². The number of aryl methyl sites for hydroxylation is 1. The molecule has 4 rings (SSSR count). The number of nitrogens with one attached hydrogen (secondary N) is 1. The lowest BCUT2D eigenvalue weighted by atomic mass is 10.1. The number of thiazole rings is 1. The van der Waals surface area contributed by atoms with E-state index in [4.69, 9.17) is 0 Å². The van der Waals surface area contributed by atoms with Crippen LogP contribution in [0.25, 0.3) is 10.9 Å². The van der Waals surface area contributed by atoms with Crippen molar-refractivity contribution in [2.75, 3.05) is 5.32 Å². The Balaban J connectivity index is 1.55. The number of aromatic nitrogens is 2. The first-order chi connectivity index (χ1) is 13.1. The maximum atomic E-state index is 13.3. The van der Waals surface area contributed by atoms with E-state index in [0.717, 1.165) is 27.0 Å². The van der Waals surface area contributed by atoms with Crippen LogP contribution >= 0.6 is 11.3 Å². The summed E-state index contributed by atoms with van der Waals surface area (Å²) < 4.78 is 13.3. The number of hydrogen-bond acceptors (Lipinski definition) is 4. The van der Waals surface area contributed by atoms with Crippen molar-refractivity contribution in [1.29, 1.82) is 0 Å². The molecule has 0 radical (unpaired) electrons. The molecule has 2 heterocycles. The number of para-hydroxylation sites is 1. The monoisotopic (exact) mass is 377 g/mol. The van der Waals surface area contributed by atoms with Crippen molar-refractivity contribution in [2.24, 2.45) is 0 Å². The number of pyridine rings is 1. The van der Waals surface area contributed by atoms with E-state index in [1.54, 1.807) is 18.3 Å². The molecule has 2 aromatic carbocycles. The van der Waals surface area contributed by atoms with E-state index in [2.05, 4.69) is 15.3 Å². The Labute approximate surface area is 159 Å². The molecule has 0 unspecified atom stereocenters. The number of halogens is 1. The summed E-state index contributed by atoms with van der Waals surface area (Å²) in [6.45, 7) is 1.86. The van der Waals surface area contributed by atoms with Gasteiger partial charge in [-0.25, -0.2) is 9.37 Å². The molecule has 4 nitrogen and oxygen atoms in total. The summed E-state index contributed by atoms with van der Waals surface area (Å²) >= 11 is 1.39. The molecule has 0 atom stereocenters. The molecule has 1 amide bonds. The molecule has 0 saturated heterocycles. The number of hydrogen-bond donors (Lipinski definition) is 1. The Morgan fingerprint density at radius 3 is 2.85 bits per heavy atom. The Kier molecular flexibility index (Phi) is 4.64. The van der Waals surface area contributed by atoms with Gasteiger partial charge >= 0.3 is 0 Å². The summed E-state index contributed by atoms with van der Waals surface area (Å²) in [5.74, 6) is -0.478. The van der Waals surface area contributed by atoms with Gasteiger partial charge in [0.2, 0.25) is 0 Å². The highest BCUT2D eigenvalue weighted by Crippen LogP contribution is 2.24. The quantitative estimate of drug-likeness (QED) is 0.546. The van der Waals surface area contributed by atoms with Gasteiger partial charge in [-0.15, -0.1) is 11.3 Å². The highest BCUT2D eigenvalue weighted by atomic mass is 32.1. The fourth-order valence-electron chi connectivity index (χ4n) is 2.96. The number of rotatable bonds is 4. The van der Waals surface area contributed by atoms with Crippen LogP contribution in [0.15, 0.2) is 60.8 Å². The first kappa shape index (κ1) is 17.3. The predicted molar refractivity (Wildman–Crippen MR) is 106 cm³/mol. The number of carbonyl (C=O) groups excluding carboxylic acids is 1. The Morgan fingerprint density at radius 1 is 1.15 bits per heavy atom. The largest absolute Gasteiger partial charge is 0.298 e. The molecule has 134 valence electrons. The third-order valence-electron chi connectivity index (χ3n) is 4.13. The Bertz CT molecular complexity index is 1140. The van der Waals surface area contributed by atoms with Crippen LogP contribution in [0, 0.1) is 12.7 Å². The van der Waals surface area contributed by atoms with E-state index in [0.29, 0.717) is 17.1 Å². The van der Waals surface area contributed by atoms with Crippen LogP contribution in [0.1, 0.15) is 26.5 Å². The lowest BCUT2D eigenvalue weighted by Gasteiger charge is -2.07. The average Bonchev–Trinajstić information content (AvgIpc) is 3.07. The maximum Gasteiger partial charge on any atom is 0.258 e. The van der Waals surface area contributed by atoms with Gasteiger partial charge < -0.3 is 0 Å². The number of benzene rings is 2. The summed E-state index contributed by atoms with van der Waals surface area (Å²) in [6, 6.07) is 15.8. The molecule has 0 spiro atoms. The zero-order valence-electron chi connectivity index (χ0n) is 14.6. The second-order valence-corrected chi connectivity index (χ2v) is 7.34. The van der Waals surface area contributed by atoms with Crippen LogP contribution in [0.3, 0.4) is 0 Å². The third-order valence-corrected chi connectivity index (χ3v) is 5.04. The third kappa shape index (κ3) is 3.85. The van der Waals surface area contributed by atoms with E-state index in [1.165, 1.54) is 23.5 Å². The van der Waals surface area contributed by atoms with Crippen molar-refractivity contribution in [2.45, 2.75) is 13.3 Å². The molecule has 1 N–H and O–H groups in total. The summed E-state index contributed by atoms with van der Waals surface area (Å²) in [7, 11) is 0. The molecule has 27 heavy (non-hydrogen) atoms. The van der Waals surface area contributed by atoms with Crippen molar-refractivity contribution >= 4 is 33.3 Å². The minimum atomic E-state index is -0.259. The zero-order valence-corrected chi connectivity index (χ0v) is 15.4. The zero-order chi connectivity index (χ0) is 18.8. The van der Waals surface area contributed by atoms with Gasteiger partial charge in [0.15, 0.2) is 5.13 Å². The van der Waals surface area contributed by atoms with Gasteiger partial charge in [-0.2, -0.15) is 0 Å². The minimum Gasteiger partial charge on any atom is -0.298 e. The molecule has 6 heteroatoms. The number of fused-ring (bicyclic) bond motifs is 1.